The molecule has 2 unspecified atom stereocenters. The SMILES string of the molecule is c1ccc2c(c1)CC(CNCC1CCCN1)O2. The van der Waals surface area contributed by atoms with Crippen molar-refractivity contribution < 1.29 is 4.74 Å². The Balaban J connectivity index is 1.43. The molecule has 3 heteroatoms. The number of ether oxygens (including phenoxy) is 1. The predicted molar refractivity (Wildman–Crippen MR) is 68.5 cm³/mol. The summed E-state index contributed by atoms with van der Waals surface area (Å²) in [5.74, 6) is 1.07. The van der Waals surface area contributed by atoms with Gasteiger partial charge in [-0.2, -0.15) is 0 Å². The van der Waals surface area contributed by atoms with Crippen molar-refractivity contribution in [2.45, 2.75) is 31.4 Å². The zero-order valence-corrected chi connectivity index (χ0v) is 10.1. The first kappa shape index (κ1) is 11.1. The van der Waals surface area contributed by atoms with Gasteiger partial charge in [0.05, 0.1) is 0 Å². The number of nitrogens with one attached hydrogen (secondary N) is 2. The first-order valence-corrected chi connectivity index (χ1v) is 6.60. The molecule has 0 aliphatic carbocycles. The zero-order valence-electron chi connectivity index (χ0n) is 10.1. The Labute approximate surface area is 103 Å². The van der Waals surface area contributed by atoms with E-state index >= 15 is 0 Å². The van der Waals surface area contributed by atoms with E-state index in [-0.39, 0.29) is 0 Å². The maximum Gasteiger partial charge on any atom is 0.123 e. The number of rotatable bonds is 4. The molecular formula is C14H20N2O. The summed E-state index contributed by atoms with van der Waals surface area (Å²) in [7, 11) is 0. The number of benzene rings is 1. The molecule has 2 aliphatic heterocycles. The molecule has 1 fully saturated rings. The van der Waals surface area contributed by atoms with E-state index < -0.39 is 0 Å². The van der Waals surface area contributed by atoms with Crippen molar-refractivity contribution in [2.24, 2.45) is 0 Å². The van der Waals surface area contributed by atoms with Gasteiger partial charge in [-0.1, -0.05) is 18.2 Å². The van der Waals surface area contributed by atoms with Crippen LogP contribution in [-0.4, -0.2) is 31.8 Å². The first-order valence-electron chi connectivity index (χ1n) is 6.60. The quantitative estimate of drug-likeness (QED) is 0.821. The van der Waals surface area contributed by atoms with E-state index in [1.165, 1.54) is 24.9 Å². The van der Waals surface area contributed by atoms with Crippen molar-refractivity contribution in [3.8, 4) is 5.75 Å². The van der Waals surface area contributed by atoms with Gasteiger partial charge >= 0.3 is 0 Å². The van der Waals surface area contributed by atoms with Crippen molar-refractivity contribution in [1.82, 2.24) is 10.6 Å². The van der Waals surface area contributed by atoms with Crippen LogP contribution in [0.15, 0.2) is 24.3 Å². The Bertz CT molecular complexity index is 349. The van der Waals surface area contributed by atoms with Crippen LogP contribution in [0.25, 0.3) is 0 Å². The molecule has 2 heterocycles. The Morgan fingerprint density at radius 2 is 2.24 bits per heavy atom. The van der Waals surface area contributed by atoms with Gasteiger partial charge in [0.25, 0.3) is 0 Å². The molecule has 17 heavy (non-hydrogen) atoms. The molecular weight excluding hydrogens is 212 g/mol. The van der Waals surface area contributed by atoms with Gasteiger partial charge in [-0.25, -0.2) is 0 Å². The molecule has 1 aromatic rings. The third-order valence-corrected chi connectivity index (χ3v) is 3.64. The molecule has 2 atom stereocenters. The summed E-state index contributed by atoms with van der Waals surface area (Å²) in [4.78, 5) is 0. The highest BCUT2D eigenvalue weighted by Crippen LogP contribution is 2.27. The minimum atomic E-state index is 0.314. The second kappa shape index (κ2) is 5.07. The average Bonchev–Trinajstić information content (AvgIpc) is 2.96. The Kier molecular flexibility index (Phi) is 3.29. The Morgan fingerprint density at radius 3 is 3.06 bits per heavy atom. The van der Waals surface area contributed by atoms with Crippen molar-refractivity contribution >= 4 is 0 Å². The molecule has 0 saturated carbocycles. The highest BCUT2D eigenvalue weighted by Gasteiger charge is 2.22. The van der Waals surface area contributed by atoms with Crippen molar-refractivity contribution in [1.29, 1.82) is 0 Å². The van der Waals surface area contributed by atoms with Gasteiger partial charge in [0.2, 0.25) is 0 Å². The molecule has 1 aromatic carbocycles. The lowest BCUT2D eigenvalue weighted by atomic mass is 10.1. The van der Waals surface area contributed by atoms with Gasteiger partial charge in [-0.15, -0.1) is 0 Å². The van der Waals surface area contributed by atoms with Gasteiger partial charge in [-0.05, 0) is 31.0 Å². The van der Waals surface area contributed by atoms with Gasteiger partial charge < -0.3 is 15.4 Å². The van der Waals surface area contributed by atoms with E-state index in [1.54, 1.807) is 0 Å². The maximum absolute atomic E-state index is 5.89. The Morgan fingerprint density at radius 1 is 1.29 bits per heavy atom. The van der Waals surface area contributed by atoms with Crippen LogP contribution in [-0.2, 0) is 6.42 Å². The second-order valence-corrected chi connectivity index (χ2v) is 5.00. The number of hydrogen-bond acceptors (Lipinski definition) is 3. The van der Waals surface area contributed by atoms with Gasteiger partial charge in [-0.3, -0.25) is 0 Å². The molecule has 0 aromatic heterocycles. The average molecular weight is 232 g/mol. The largest absolute Gasteiger partial charge is 0.488 e. The zero-order chi connectivity index (χ0) is 11.5. The standard InChI is InChI=1S/C14H20N2O/c1-2-6-14-11(4-1)8-13(17-14)10-15-9-12-5-3-7-16-12/h1-2,4,6,12-13,15-16H,3,5,7-10H2. The monoisotopic (exact) mass is 232 g/mol. The molecule has 3 rings (SSSR count). The molecule has 0 amide bonds. The van der Waals surface area contributed by atoms with Crippen LogP contribution >= 0.6 is 0 Å². The van der Waals surface area contributed by atoms with Gasteiger partial charge in [0.15, 0.2) is 0 Å². The molecule has 0 spiro atoms. The Hall–Kier alpha value is -1.06. The third kappa shape index (κ3) is 2.61. The van der Waals surface area contributed by atoms with Crippen LogP contribution in [0.1, 0.15) is 18.4 Å². The summed E-state index contributed by atoms with van der Waals surface area (Å²) in [6.45, 7) is 3.20. The highest BCUT2D eigenvalue weighted by atomic mass is 16.5. The van der Waals surface area contributed by atoms with Crippen LogP contribution in [0.5, 0.6) is 5.75 Å². The van der Waals surface area contributed by atoms with Gasteiger partial charge in [0.1, 0.15) is 11.9 Å². The minimum Gasteiger partial charge on any atom is -0.488 e. The topological polar surface area (TPSA) is 33.3 Å². The van der Waals surface area contributed by atoms with Gasteiger partial charge in [0, 0.05) is 25.6 Å². The fraction of sp³-hybridized carbons (Fsp3) is 0.571. The summed E-state index contributed by atoms with van der Waals surface area (Å²) >= 11 is 0. The summed E-state index contributed by atoms with van der Waals surface area (Å²) in [6, 6.07) is 9.01. The number of hydrogen-bond donors (Lipinski definition) is 2. The number of fused-ring (bicyclic) bond motifs is 1. The molecule has 2 N–H and O–H groups in total. The molecule has 3 nitrogen and oxygen atoms in total. The van der Waals surface area contributed by atoms with E-state index in [2.05, 4.69) is 28.8 Å². The minimum absolute atomic E-state index is 0.314. The van der Waals surface area contributed by atoms with Crippen LogP contribution in [0, 0.1) is 0 Å². The highest BCUT2D eigenvalue weighted by molar-refractivity contribution is 5.37. The smallest absolute Gasteiger partial charge is 0.123 e. The van der Waals surface area contributed by atoms with Crippen molar-refractivity contribution in [3.63, 3.8) is 0 Å². The van der Waals surface area contributed by atoms with E-state index in [1.807, 2.05) is 6.07 Å². The third-order valence-electron chi connectivity index (χ3n) is 3.64. The van der Waals surface area contributed by atoms with Crippen LogP contribution in [0.2, 0.25) is 0 Å². The normalized spacial score (nSPS) is 26.8. The number of para-hydroxylation sites is 1. The summed E-state index contributed by atoms with van der Waals surface area (Å²) in [6.07, 6.45) is 3.98. The lowest BCUT2D eigenvalue weighted by Gasteiger charge is -2.15. The fourth-order valence-corrected chi connectivity index (χ4v) is 2.72. The van der Waals surface area contributed by atoms with E-state index in [0.29, 0.717) is 12.1 Å². The van der Waals surface area contributed by atoms with Crippen LogP contribution in [0.4, 0.5) is 0 Å². The lowest BCUT2D eigenvalue weighted by molar-refractivity contribution is 0.226. The lowest BCUT2D eigenvalue weighted by Crippen LogP contribution is -2.38. The van der Waals surface area contributed by atoms with E-state index in [4.69, 9.17) is 4.74 Å². The molecule has 2 aliphatic rings. The molecule has 0 radical (unpaired) electrons. The summed E-state index contributed by atoms with van der Waals surface area (Å²) < 4.78 is 5.89. The summed E-state index contributed by atoms with van der Waals surface area (Å²) in [5, 5.41) is 7.01. The van der Waals surface area contributed by atoms with E-state index in [0.717, 1.165) is 25.3 Å². The van der Waals surface area contributed by atoms with Crippen LogP contribution in [0.3, 0.4) is 0 Å². The van der Waals surface area contributed by atoms with Crippen molar-refractivity contribution in [2.75, 3.05) is 19.6 Å². The van der Waals surface area contributed by atoms with Crippen LogP contribution < -0.4 is 15.4 Å². The summed E-state index contributed by atoms with van der Waals surface area (Å²) in [5.41, 5.74) is 1.35. The molecule has 0 bridgehead atoms. The molecule has 92 valence electrons. The molecule has 1 saturated heterocycles. The first-order chi connectivity index (χ1) is 8.42. The maximum atomic E-state index is 5.89. The second-order valence-electron chi connectivity index (χ2n) is 5.00. The van der Waals surface area contributed by atoms with Crippen molar-refractivity contribution in [3.05, 3.63) is 29.8 Å². The van der Waals surface area contributed by atoms with E-state index in [9.17, 15) is 0 Å². The predicted octanol–water partition coefficient (Wildman–Crippen LogP) is 1.33. The fourth-order valence-electron chi connectivity index (χ4n) is 2.72.